The van der Waals surface area contributed by atoms with Gasteiger partial charge in [0.15, 0.2) is 0 Å². The number of rotatable bonds is 3. The highest BCUT2D eigenvalue weighted by Crippen LogP contribution is 2.40. The van der Waals surface area contributed by atoms with Crippen LogP contribution in [0.2, 0.25) is 0 Å². The molecular formula is C16H19NO3S. The van der Waals surface area contributed by atoms with Crippen LogP contribution in [0.1, 0.15) is 37.0 Å². The Morgan fingerprint density at radius 2 is 2.14 bits per heavy atom. The zero-order chi connectivity index (χ0) is 14.8. The second-order valence-electron chi connectivity index (χ2n) is 5.80. The van der Waals surface area contributed by atoms with Crippen LogP contribution in [0.15, 0.2) is 23.6 Å². The average molecular weight is 305 g/mol. The third-order valence-electron chi connectivity index (χ3n) is 4.56. The summed E-state index contributed by atoms with van der Waals surface area (Å²) < 4.78 is 0. The molecule has 1 amide bonds. The molecule has 5 heteroatoms. The molecule has 4 nitrogen and oxygen atoms in total. The van der Waals surface area contributed by atoms with Gasteiger partial charge in [0, 0.05) is 17.0 Å². The minimum Gasteiger partial charge on any atom is -0.480 e. The molecule has 21 heavy (non-hydrogen) atoms. The molecule has 0 bridgehead atoms. The second kappa shape index (κ2) is 6.02. The van der Waals surface area contributed by atoms with Crippen molar-refractivity contribution >= 4 is 29.3 Å². The molecule has 112 valence electrons. The van der Waals surface area contributed by atoms with Gasteiger partial charge in [-0.05, 0) is 42.7 Å². The van der Waals surface area contributed by atoms with E-state index in [1.165, 1.54) is 6.08 Å². The number of thiophene rings is 1. The third-order valence-corrected chi connectivity index (χ3v) is 5.40. The van der Waals surface area contributed by atoms with E-state index in [4.69, 9.17) is 0 Å². The minimum atomic E-state index is -0.873. The van der Waals surface area contributed by atoms with Gasteiger partial charge in [-0.3, -0.25) is 4.79 Å². The number of aliphatic carboxylic acids is 1. The predicted molar refractivity (Wildman–Crippen MR) is 82.0 cm³/mol. The maximum Gasteiger partial charge on any atom is 0.326 e. The number of fused-ring (bicyclic) bond motifs is 1. The SMILES string of the molecule is O=C(O)C1CC2CCCCC2N1C(=O)/C=C/c1cccs1. The maximum absolute atomic E-state index is 12.5. The molecule has 1 aliphatic carbocycles. The molecule has 0 spiro atoms. The van der Waals surface area contributed by atoms with E-state index in [2.05, 4.69) is 0 Å². The zero-order valence-corrected chi connectivity index (χ0v) is 12.6. The summed E-state index contributed by atoms with van der Waals surface area (Å²) in [5.74, 6) is -0.675. The van der Waals surface area contributed by atoms with E-state index >= 15 is 0 Å². The van der Waals surface area contributed by atoms with Crippen LogP contribution in [-0.2, 0) is 9.59 Å². The largest absolute Gasteiger partial charge is 0.480 e. The van der Waals surface area contributed by atoms with Gasteiger partial charge in [0.25, 0.3) is 0 Å². The Morgan fingerprint density at radius 3 is 2.86 bits per heavy atom. The molecule has 3 unspecified atom stereocenters. The van der Waals surface area contributed by atoms with Gasteiger partial charge in [-0.25, -0.2) is 4.79 Å². The number of hydrogen-bond donors (Lipinski definition) is 1. The molecule has 3 atom stereocenters. The van der Waals surface area contributed by atoms with Gasteiger partial charge in [0.2, 0.25) is 5.91 Å². The summed E-state index contributed by atoms with van der Waals surface area (Å²) in [5.41, 5.74) is 0. The molecule has 0 radical (unpaired) electrons. The Labute approximate surface area is 128 Å². The number of carboxylic acids is 1. The highest BCUT2D eigenvalue weighted by Gasteiger charge is 2.46. The average Bonchev–Trinajstić information content (AvgIpc) is 3.11. The van der Waals surface area contributed by atoms with Crippen molar-refractivity contribution in [2.45, 2.75) is 44.2 Å². The smallest absolute Gasteiger partial charge is 0.326 e. The number of carbonyl (C=O) groups excluding carboxylic acids is 1. The van der Waals surface area contributed by atoms with Gasteiger partial charge in [-0.2, -0.15) is 0 Å². The van der Waals surface area contributed by atoms with Crippen LogP contribution in [-0.4, -0.2) is 34.0 Å². The monoisotopic (exact) mass is 305 g/mol. The summed E-state index contributed by atoms with van der Waals surface area (Å²) in [7, 11) is 0. The lowest BCUT2D eigenvalue weighted by Gasteiger charge is -2.32. The van der Waals surface area contributed by atoms with Gasteiger partial charge < -0.3 is 10.0 Å². The number of likely N-dealkylation sites (tertiary alicyclic amines) is 1. The number of carbonyl (C=O) groups is 2. The van der Waals surface area contributed by atoms with Crippen LogP contribution in [0.25, 0.3) is 6.08 Å². The summed E-state index contributed by atoms with van der Waals surface area (Å²) in [6.45, 7) is 0. The van der Waals surface area contributed by atoms with Crippen LogP contribution in [0.3, 0.4) is 0 Å². The van der Waals surface area contributed by atoms with Crippen molar-refractivity contribution in [1.82, 2.24) is 4.90 Å². The van der Waals surface area contributed by atoms with Crippen molar-refractivity contribution in [3.63, 3.8) is 0 Å². The van der Waals surface area contributed by atoms with E-state index in [0.717, 1.165) is 30.6 Å². The summed E-state index contributed by atoms with van der Waals surface area (Å²) in [4.78, 5) is 26.6. The topological polar surface area (TPSA) is 57.6 Å². The number of nitrogens with zero attached hydrogens (tertiary/aromatic N) is 1. The summed E-state index contributed by atoms with van der Waals surface area (Å²) >= 11 is 1.56. The van der Waals surface area contributed by atoms with E-state index in [1.54, 1.807) is 22.3 Å². The highest BCUT2D eigenvalue weighted by molar-refractivity contribution is 7.10. The molecule has 1 aromatic rings. The fourth-order valence-corrected chi connectivity index (χ4v) is 4.24. The molecule has 3 rings (SSSR count). The first-order valence-corrected chi connectivity index (χ1v) is 8.31. The van der Waals surface area contributed by atoms with E-state index < -0.39 is 12.0 Å². The van der Waals surface area contributed by atoms with Gasteiger partial charge in [0.1, 0.15) is 6.04 Å². The van der Waals surface area contributed by atoms with E-state index in [0.29, 0.717) is 12.3 Å². The first-order valence-electron chi connectivity index (χ1n) is 7.43. The Balaban J connectivity index is 1.79. The van der Waals surface area contributed by atoms with Crippen molar-refractivity contribution < 1.29 is 14.7 Å². The Hall–Kier alpha value is -1.62. The molecule has 1 saturated heterocycles. The second-order valence-corrected chi connectivity index (χ2v) is 6.78. The predicted octanol–water partition coefficient (Wildman–Crippen LogP) is 3.01. The third kappa shape index (κ3) is 2.88. The van der Waals surface area contributed by atoms with E-state index in [-0.39, 0.29) is 11.9 Å². The first kappa shape index (κ1) is 14.3. The van der Waals surface area contributed by atoms with Gasteiger partial charge in [-0.1, -0.05) is 18.9 Å². The summed E-state index contributed by atoms with van der Waals surface area (Å²) in [6.07, 6.45) is 8.14. The Morgan fingerprint density at radius 1 is 1.33 bits per heavy atom. The van der Waals surface area contributed by atoms with Crippen molar-refractivity contribution in [3.05, 3.63) is 28.5 Å². The zero-order valence-electron chi connectivity index (χ0n) is 11.8. The lowest BCUT2D eigenvalue weighted by Crippen LogP contribution is -2.45. The molecule has 1 N–H and O–H groups in total. The standard InChI is InChI=1S/C16H19NO3S/c18-15(8-7-12-5-3-9-21-12)17-13-6-2-1-4-11(13)10-14(17)16(19)20/h3,5,7-9,11,13-14H,1-2,4,6,10H2,(H,19,20)/b8-7+. The van der Waals surface area contributed by atoms with Gasteiger partial charge in [0.05, 0.1) is 0 Å². The van der Waals surface area contributed by atoms with Gasteiger partial charge in [-0.15, -0.1) is 11.3 Å². The fourth-order valence-electron chi connectivity index (χ4n) is 3.62. The molecular weight excluding hydrogens is 286 g/mol. The molecule has 1 saturated carbocycles. The van der Waals surface area contributed by atoms with Crippen LogP contribution in [0.4, 0.5) is 0 Å². The highest BCUT2D eigenvalue weighted by atomic mass is 32.1. The maximum atomic E-state index is 12.5. The lowest BCUT2D eigenvalue weighted by atomic mass is 9.85. The van der Waals surface area contributed by atoms with Crippen molar-refractivity contribution in [2.75, 3.05) is 0 Å². The molecule has 2 heterocycles. The number of carboxylic acid groups (broad SMARTS) is 1. The van der Waals surface area contributed by atoms with Gasteiger partial charge >= 0.3 is 5.97 Å². The Bertz CT molecular complexity index is 552. The normalized spacial score (nSPS) is 28.8. The van der Waals surface area contributed by atoms with Crippen molar-refractivity contribution in [3.8, 4) is 0 Å². The van der Waals surface area contributed by atoms with Crippen molar-refractivity contribution in [1.29, 1.82) is 0 Å². The molecule has 2 fully saturated rings. The lowest BCUT2D eigenvalue weighted by molar-refractivity contribution is -0.147. The number of amides is 1. The molecule has 2 aliphatic rings. The molecule has 1 aromatic heterocycles. The van der Waals surface area contributed by atoms with E-state index in [9.17, 15) is 14.7 Å². The summed E-state index contributed by atoms with van der Waals surface area (Å²) in [6, 6.07) is 3.33. The van der Waals surface area contributed by atoms with E-state index in [1.807, 2.05) is 17.5 Å². The molecule has 1 aliphatic heterocycles. The first-order chi connectivity index (χ1) is 10.2. The quantitative estimate of drug-likeness (QED) is 0.873. The van der Waals surface area contributed by atoms with Crippen LogP contribution < -0.4 is 0 Å². The summed E-state index contributed by atoms with van der Waals surface area (Å²) in [5, 5.41) is 11.4. The molecule has 0 aromatic carbocycles. The van der Waals surface area contributed by atoms with Crippen LogP contribution in [0, 0.1) is 5.92 Å². The fraction of sp³-hybridized carbons (Fsp3) is 0.500. The Kier molecular flexibility index (Phi) is 4.10. The van der Waals surface area contributed by atoms with Crippen LogP contribution >= 0.6 is 11.3 Å². The van der Waals surface area contributed by atoms with Crippen molar-refractivity contribution in [2.24, 2.45) is 5.92 Å². The minimum absolute atomic E-state index is 0.111. The number of hydrogen-bond acceptors (Lipinski definition) is 3. The van der Waals surface area contributed by atoms with Crippen LogP contribution in [0.5, 0.6) is 0 Å².